The number of pyridine rings is 1. The molecular formula is C17H21FN2O. The fourth-order valence-electron chi connectivity index (χ4n) is 2.37. The van der Waals surface area contributed by atoms with Crippen molar-refractivity contribution in [2.24, 2.45) is 0 Å². The van der Waals surface area contributed by atoms with Gasteiger partial charge in [0.05, 0.1) is 13.2 Å². The van der Waals surface area contributed by atoms with Gasteiger partial charge in [-0.2, -0.15) is 0 Å². The quantitative estimate of drug-likeness (QED) is 0.881. The maximum absolute atomic E-state index is 13.7. The number of hydrogen-bond donors (Lipinski definition) is 1. The number of benzene rings is 1. The van der Waals surface area contributed by atoms with Crippen molar-refractivity contribution in [3.8, 4) is 5.75 Å². The summed E-state index contributed by atoms with van der Waals surface area (Å²) in [6.07, 6.45) is 2.77. The molecule has 2 aromatic rings. The zero-order chi connectivity index (χ0) is 15.2. The van der Waals surface area contributed by atoms with Gasteiger partial charge in [0.15, 0.2) is 0 Å². The summed E-state index contributed by atoms with van der Waals surface area (Å²) in [6, 6.07) is 8.46. The third-order valence-electron chi connectivity index (χ3n) is 3.36. The third-order valence-corrected chi connectivity index (χ3v) is 3.36. The molecule has 0 saturated carbocycles. The van der Waals surface area contributed by atoms with Gasteiger partial charge in [0.25, 0.3) is 0 Å². The molecule has 0 saturated heterocycles. The van der Waals surface area contributed by atoms with Crippen LogP contribution in [0.3, 0.4) is 0 Å². The number of nitrogens with zero attached hydrogens (tertiary/aromatic N) is 1. The molecule has 3 nitrogen and oxygen atoms in total. The van der Waals surface area contributed by atoms with E-state index in [9.17, 15) is 4.39 Å². The van der Waals surface area contributed by atoms with Crippen molar-refractivity contribution in [1.82, 2.24) is 10.3 Å². The second kappa shape index (κ2) is 7.18. The summed E-state index contributed by atoms with van der Waals surface area (Å²) < 4.78 is 19.1. The highest BCUT2D eigenvalue weighted by molar-refractivity contribution is 5.42. The molecule has 1 unspecified atom stereocenters. The maximum Gasteiger partial charge on any atom is 0.124 e. The van der Waals surface area contributed by atoms with Crippen molar-refractivity contribution in [3.63, 3.8) is 0 Å². The molecule has 1 atom stereocenters. The third kappa shape index (κ3) is 3.79. The van der Waals surface area contributed by atoms with Crippen LogP contribution in [-0.4, -0.2) is 18.6 Å². The molecule has 0 aliphatic carbocycles. The van der Waals surface area contributed by atoms with E-state index in [0.717, 1.165) is 29.8 Å². The number of aromatic nitrogens is 1. The van der Waals surface area contributed by atoms with E-state index < -0.39 is 0 Å². The minimum Gasteiger partial charge on any atom is -0.496 e. The van der Waals surface area contributed by atoms with Gasteiger partial charge in [-0.25, -0.2) is 4.39 Å². The van der Waals surface area contributed by atoms with Crippen molar-refractivity contribution < 1.29 is 9.13 Å². The Hall–Kier alpha value is -1.94. The topological polar surface area (TPSA) is 34.2 Å². The van der Waals surface area contributed by atoms with Crippen LogP contribution >= 0.6 is 0 Å². The van der Waals surface area contributed by atoms with Gasteiger partial charge in [-0.3, -0.25) is 4.98 Å². The smallest absolute Gasteiger partial charge is 0.124 e. The Bertz CT molecular complexity index is 601. The zero-order valence-corrected chi connectivity index (χ0v) is 12.7. The Balaban J connectivity index is 2.47. The average molecular weight is 288 g/mol. The van der Waals surface area contributed by atoms with Gasteiger partial charge in [0, 0.05) is 17.5 Å². The zero-order valence-electron chi connectivity index (χ0n) is 12.7. The molecule has 4 heteroatoms. The van der Waals surface area contributed by atoms with E-state index >= 15 is 0 Å². The first kappa shape index (κ1) is 15.4. The van der Waals surface area contributed by atoms with Gasteiger partial charge in [-0.15, -0.1) is 0 Å². The number of ether oxygens (including phenoxy) is 1. The molecule has 0 spiro atoms. The second-order valence-electron chi connectivity index (χ2n) is 5.00. The van der Waals surface area contributed by atoms with Crippen LogP contribution in [0.15, 0.2) is 36.5 Å². The van der Waals surface area contributed by atoms with E-state index in [0.29, 0.717) is 5.75 Å². The molecule has 1 heterocycles. The van der Waals surface area contributed by atoms with E-state index in [4.69, 9.17) is 4.74 Å². The lowest BCUT2D eigenvalue weighted by Gasteiger charge is -2.22. The fourth-order valence-corrected chi connectivity index (χ4v) is 2.37. The van der Waals surface area contributed by atoms with E-state index in [2.05, 4.69) is 17.2 Å². The summed E-state index contributed by atoms with van der Waals surface area (Å²) in [5.74, 6) is 0.416. The van der Waals surface area contributed by atoms with Gasteiger partial charge < -0.3 is 10.1 Å². The summed E-state index contributed by atoms with van der Waals surface area (Å²) in [5, 5.41) is 3.46. The molecule has 0 aliphatic heterocycles. The summed E-state index contributed by atoms with van der Waals surface area (Å²) in [5.41, 5.74) is 2.79. The van der Waals surface area contributed by atoms with Crippen LogP contribution in [0.4, 0.5) is 4.39 Å². The number of aryl methyl sites for hydroxylation is 1. The Kier molecular flexibility index (Phi) is 5.28. The molecule has 2 rings (SSSR count). The predicted octanol–water partition coefficient (Wildman–Crippen LogP) is 3.63. The number of nitrogens with one attached hydrogen (secondary N) is 1. The van der Waals surface area contributed by atoms with E-state index in [1.165, 1.54) is 12.1 Å². The van der Waals surface area contributed by atoms with Gasteiger partial charge in [-0.1, -0.05) is 6.92 Å². The van der Waals surface area contributed by atoms with Crippen LogP contribution in [0.25, 0.3) is 0 Å². The molecule has 0 amide bonds. The van der Waals surface area contributed by atoms with Gasteiger partial charge in [0.2, 0.25) is 0 Å². The van der Waals surface area contributed by atoms with Crippen molar-refractivity contribution in [1.29, 1.82) is 0 Å². The Morgan fingerprint density at radius 2 is 2.10 bits per heavy atom. The Morgan fingerprint density at radius 3 is 2.76 bits per heavy atom. The lowest BCUT2D eigenvalue weighted by molar-refractivity contribution is 0.402. The largest absolute Gasteiger partial charge is 0.496 e. The van der Waals surface area contributed by atoms with Crippen LogP contribution < -0.4 is 10.1 Å². The van der Waals surface area contributed by atoms with Gasteiger partial charge in [-0.05, 0) is 55.8 Å². The highest BCUT2D eigenvalue weighted by Crippen LogP contribution is 2.30. The molecule has 1 N–H and O–H groups in total. The lowest BCUT2D eigenvalue weighted by Crippen LogP contribution is -2.24. The lowest BCUT2D eigenvalue weighted by atomic mass is 9.97. The van der Waals surface area contributed by atoms with Crippen LogP contribution in [0.1, 0.15) is 36.2 Å². The first-order chi connectivity index (χ1) is 10.2. The standard InChI is InChI=1S/C17H21FN2O/c1-4-8-20-17(13-7-9-19-12(2)10-13)15-11-14(18)5-6-16(15)21-3/h5-7,9-11,17,20H,4,8H2,1-3H3. The molecule has 112 valence electrons. The second-order valence-corrected chi connectivity index (χ2v) is 5.00. The van der Waals surface area contributed by atoms with Crippen molar-refractivity contribution >= 4 is 0 Å². The fraction of sp³-hybridized carbons (Fsp3) is 0.353. The van der Waals surface area contributed by atoms with Crippen molar-refractivity contribution in [2.75, 3.05) is 13.7 Å². The summed E-state index contributed by atoms with van der Waals surface area (Å²) in [6.45, 7) is 4.89. The van der Waals surface area contributed by atoms with Crippen molar-refractivity contribution in [2.45, 2.75) is 26.3 Å². The average Bonchev–Trinajstić information content (AvgIpc) is 2.48. The van der Waals surface area contributed by atoms with Crippen LogP contribution in [0.5, 0.6) is 5.75 Å². The molecular weight excluding hydrogens is 267 g/mol. The first-order valence-electron chi connectivity index (χ1n) is 7.15. The highest BCUT2D eigenvalue weighted by atomic mass is 19.1. The summed E-state index contributed by atoms with van der Waals surface area (Å²) in [4.78, 5) is 4.22. The van der Waals surface area contributed by atoms with Gasteiger partial charge >= 0.3 is 0 Å². The van der Waals surface area contributed by atoms with Crippen LogP contribution in [-0.2, 0) is 0 Å². The van der Waals surface area contributed by atoms with Crippen LogP contribution in [0, 0.1) is 12.7 Å². The van der Waals surface area contributed by atoms with E-state index in [-0.39, 0.29) is 11.9 Å². The summed E-state index contributed by atoms with van der Waals surface area (Å²) >= 11 is 0. The first-order valence-corrected chi connectivity index (χ1v) is 7.15. The number of methoxy groups -OCH3 is 1. The Labute approximate surface area is 125 Å². The maximum atomic E-state index is 13.7. The molecule has 0 fully saturated rings. The highest BCUT2D eigenvalue weighted by Gasteiger charge is 2.18. The molecule has 0 bridgehead atoms. The number of halogens is 1. The SMILES string of the molecule is CCCNC(c1ccnc(C)c1)c1cc(F)ccc1OC. The number of hydrogen-bond acceptors (Lipinski definition) is 3. The normalized spacial score (nSPS) is 12.2. The van der Waals surface area contributed by atoms with Gasteiger partial charge in [0.1, 0.15) is 11.6 Å². The van der Waals surface area contributed by atoms with E-state index in [1.807, 2.05) is 19.1 Å². The molecule has 21 heavy (non-hydrogen) atoms. The molecule has 0 radical (unpaired) electrons. The Morgan fingerprint density at radius 1 is 1.29 bits per heavy atom. The molecule has 1 aromatic heterocycles. The summed E-state index contributed by atoms with van der Waals surface area (Å²) in [7, 11) is 1.60. The monoisotopic (exact) mass is 288 g/mol. The molecule has 1 aromatic carbocycles. The van der Waals surface area contributed by atoms with E-state index in [1.54, 1.807) is 19.4 Å². The minimum absolute atomic E-state index is 0.114. The van der Waals surface area contributed by atoms with Crippen LogP contribution in [0.2, 0.25) is 0 Å². The van der Waals surface area contributed by atoms with Crippen molar-refractivity contribution in [3.05, 3.63) is 59.2 Å². The predicted molar refractivity (Wildman–Crippen MR) is 82.1 cm³/mol. The molecule has 0 aliphatic rings. The number of rotatable bonds is 6. The minimum atomic E-state index is -0.264.